The molecule has 7 rings (SSSR count). The summed E-state index contributed by atoms with van der Waals surface area (Å²) in [7, 11) is -3.72. The molecular weight excluding hydrogens is 542 g/mol. The van der Waals surface area contributed by atoms with Gasteiger partial charge in [0.2, 0.25) is 5.82 Å². The molecule has 1 aliphatic carbocycles. The van der Waals surface area contributed by atoms with Crippen LogP contribution in [0, 0.1) is 0 Å². The van der Waals surface area contributed by atoms with Crippen LogP contribution >= 0.6 is 0 Å². The molecular formula is C28H33N9O3S. The van der Waals surface area contributed by atoms with Gasteiger partial charge in [0, 0.05) is 53.2 Å². The second kappa shape index (κ2) is 9.89. The number of rotatable bonds is 5. The fourth-order valence-electron chi connectivity index (χ4n) is 7.25. The number of nitrogen functional groups attached to an aromatic ring is 1. The summed E-state index contributed by atoms with van der Waals surface area (Å²) in [5, 5.41) is 12.1. The lowest BCUT2D eigenvalue weighted by molar-refractivity contribution is 0.0556. The molecule has 0 spiro atoms. The third-order valence-electron chi connectivity index (χ3n) is 9.13. The van der Waals surface area contributed by atoms with Crippen LogP contribution in [0.25, 0.3) is 16.8 Å². The molecule has 1 saturated carbocycles. The number of sulfone groups is 1. The van der Waals surface area contributed by atoms with Gasteiger partial charge >= 0.3 is 0 Å². The maximum atomic E-state index is 13.2. The van der Waals surface area contributed by atoms with Gasteiger partial charge in [0.05, 0.1) is 11.9 Å². The van der Waals surface area contributed by atoms with E-state index in [0.29, 0.717) is 30.1 Å². The van der Waals surface area contributed by atoms with Crippen molar-refractivity contribution >= 4 is 27.2 Å². The van der Waals surface area contributed by atoms with Gasteiger partial charge in [-0.25, -0.2) is 13.4 Å². The van der Waals surface area contributed by atoms with Gasteiger partial charge in [-0.15, -0.1) is 10.2 Å². The van der Waals surface area contributed by atoms with Gasteiger partial charge < -0.3 is 15.6 Å². The number of pyridine rings is 1. The smallest absolute Gasteiger partial charge is 0.292 e. The molecule has 1 amide bonds. The van der Waals surface area contributed by atoms with Crippen LogP contribution in [0.3, 0.4) is 0 Å². The van der Waals surface area contributed by atoms with Crippen molar-refractivity contribution in [2.24, 2.45) is 0 Å². The van der Waals surface area contributed by atoms with Gasteiger partial charge in [0.15, 0.2) is 15.5 Å². The molecule has 6 heterocycles. The molecule has 12 nitrogen and oxygen atoms in total. The summed E-state index contributed by atoms with van der Waals surface area (Å²) in [6.45, 7) is 0. The number of hydrogen-bond acceptors (Lipinski definition) is 9. The largest absolute Gasteiger partial charge is 0.382 e. The summed E-state index contributed by atoms with van der Waals surface area (Å²) in [6, 6.07) is 4.03. The topological polar surface area (TPSA) is 165 Å². The lowest BCUT2D eigenvalue weighted by Crippen LogP contribution is -2.46. The molecule has 214 valence electrons. The summed E-state index contributed by atoms with van der Waals surface area (Å²) in [5.74, 6) is 0.405. The van der Waals surface area contributed by atoms with Crippen molar-refractivity contribution in [1.29, 1.82) is 0 Å². The van der Waals surface area contributed by atoms with Crippen LogP contribution in [0.4, 0.5) is 5.82 Å². The van der Waals surface area contributed by atoms with Crippen molar-refractivity contribution in [3.05, 3.63) is 48.1 Å². The minimum absolute atomic E-state index is 0.0184. The van der Waals surface area contributed by atoms with E-state index in [9.17, 15) is 13.2 Å². The van der Waals surface area contributed by atoms with Gasteiger partial charge in [0.1, 0.15) is 17.0 Å². The molecule has 0 unspecified atom stereocenters. The van der Waals surface area contributed by atoms with Crippen molar-refractivity contribution in [1.82, 2.24) is 39.7 Å². The quantitative estimate of drug-likeness (QED) is 0.362. The van der Waals surface area contributed by atoms with Crippen LogP contribution in [0.2, 0.25) is 0 Å². The zero-order valence-electron chi connectivity index (χ0n) is 22.9. The third-order valence-corrected chi connectivity index (χ3v) is 10.3. The van der Waals surface area contributed by atoms with E-state index in [1.165, 1.54) is 42.9 Å². The Morgan fingerprint density at radius 2 is 1.78 bits per heavy atom. The Labute approximate surface area is 237 Å². The Balaban J connectivity index is 1.26. The number of carbonyl (C=O) groups is 1. The molecule has 41 heavy (non-hydrogen) atoms. The first-order valence-electron chi connectivity index (χ1n) is 14.3. The number of piperidine rings is 1. The van der Waals surface area contributed by atoms with Gasteiger partial charge in [-0.2, -0.15) is 9.61 Å². The molecule has 3 aliphatic rings. The lowest BCUT2D eigenvalue weighted by atomic mass is 9.86. The molecule has 3 N–H and O–H groups in total. The minimum Gasteiger partial charge on any atom is -0.382 e. The molecule has 2 saturated heterocycles. The maximum absolute atomic E-state index is 13.2. The number of anilines is 1. The molecule has 3 fully saturated rings. The number of nitrogens with one attached hydrogen (secondary N) is 1. The van der Waals surface area contributed by atoms with Gasteiger partial charge in [-0.1, -0.05) is 25.3 Å². The molecule has 0 aromatic carbocycles. The fraction of sp³-hybridized carbons (Fsp3) is 0.500. The summed E-state index contributed by atoms with van der Waals surface area (Å²) in [5.41, 5.74) is 10.2. The van der Waals surface area contributed by atoms with Gasteiger partial charge in [-0.05, 0) is 44.6 Å². The van der Waals surface area contributed by atoms with Gasteiger partial charge in [0.25, 0.3) is 5.91 Å². The van der Waals surface area contributed by atoms with Crippen LogP contribution in [0.15, 0.2) is 35.7 Å². The normalized spacial score (nSPS) is 23.3. The van der Waals surface area contributed by atoms with Crippen molar-refractivity contribution in [3.8, 4) is 11.1 Å². The Morgan fingerprint density at radius 3 is 2.41 bits per heavy atom. The van der Waals surface area contributed by atoms with E-state index in [-0.39, 0.29) is 40.4 Å². The van der Waals surface area contributed by atoms with E-state index >= 15 is 0 Å². The molecule has 13 heteroatoms. The molecule has 0 radical (unpaired) electrons. The second-order valence-corrected chi connectivity index (χ2v) is 13.6. The number of hydrogen-bond donors (Lipinski definition) is 2. The van der Waals surface area contributed by atoms with Crippen molar-refractivity contribution in [2.45, 2.75) is 86.6 Å². The highest BCUT2D eigenvalue weighted by atomic mass is 32.2. The highest BCUT2D eigenvalue weighted by Crippen LogP contribution is 2.45. The average molecular weight is 576 g/mol. The second-order valence-electron chi connectivity index (χ2n) is 11.7. The van der Waals surface area contributed by atoms with Crippen molar-refractivity contribution in [2.75, 3.05) is 12.0 Å². The van der Waals surface area contributed by atoms with Crippen molar-refractivity contribution < 1.29 is 13.2 Å². The summed E-state index contributed by atoms with van der Waals surface area (Å²) >= 11 is 0. The van der Waals surface area contributed by atoms with Crippen LogP contribution in [0.1, 0.15) is 91.6 Å². The van der Waals surface area contributed by atoms with Crippen molar-refractivity contribution in [3.63, 3.8) is 0 Å². The highest BCUT2D eigenvalue weighted by molar-refractivity contribution is 7.91. The summed E-state index contributed by atoms with van der Waals surface area (Å²) < 4.78 is 27.6. The number of carbonyl (C=O) groups excluding carboxylic acids is 1. The monoisotopic (exact) mass is 575 g/mol. The van der Waals surface area contributed by atoms with E-state index in [4.69, 9.17) is 15.7 Å². The van der Waals surface area contributed by atoms with Crippen LogP contribution in [-0.4, -0.2) is 72.3 Å². The van der Waals surface area contributed by atoms with Gasteiger partial charge in [-0.3, -0.25) is 9.78 Å². The molecule has 3 atom stereocenters. The number of fused-ring (bicyclic) bond motifs is 3. The van der Waals surface area contributed by atoms with E-state index < -0.39 is 9.84 Å². The number of H-pyrrole nitrogens is 1. The Morgan fingerprint density at radius 1 is 1.02 bits per heavy atom. The maximum Gasteiger partial charge on any atom is 0.292 e. The highest BCUT2D eigenvalue weighted by Gasteiger charge is 2.46. The first-order valence-corrected chi connectivity index (χ1v) is 16.2. The first-order chi connectivity index (χ1) is 19.8. The fourth-order valence-corrected chi connectivity index (χ4v) is 8.31. The van der Waals surface area contributed by atoms with Crippen LogP contribution < -0.4 is 5.73 Å². The van der Waals surface area contributed by atoms with Crippen LogP contribution in [0.5, 0.6) is 0 Å². The van der Waals surface area contributed by atoms with E-state index in [2.05, 4.69) is 26.3 Å². The minimum atomic E-state index is -3.72. The molecule has 2 aliphatic heterocycles. The summed E-state index contributed by atoms with van der Waals surface area (Å²) in [4.78, 5) is 27.6. The van der Waals surface area contributed by atoms with E-state index in [0.717, 1.165) is 35.9 Å². The summed E-state index contributed by atoms with van der Waals surface area (Å²) in [6.07, 6.45) is 15.0. The Kier molecular flexibility index (Phi) is 6.29. The third kappa shape index (κ3) is 4.46. The SMILES string of the molecule is CS(=O)(=O)c1c([C@@H]2C[C@H]3CC[C@@H](C2)N3C(=O)c2nnc[nH]2)nc2c(-c3ccc(C4CCCCC4)nc3)cnn2c1N. The number of nitrogens with two attached hydrogens (primary N) is 1. The number of aromatic nitrogens is 7. The number of nitrogens with zero attached hydrogens (tertiary/aromatic N) is 7. The first kappa shape index (κ1) is 26.1. The zero-order valence-corrected chi connectivity index (χ0v) is 23.7. The number of amides is 1. The lowest BCUT2D eigenvalue weighted by Gasteiger charge is -2.38. The van der Waals surface area contributed by atoms with E-state index in [1.807, 2.05) is 17.2 Å². The molecule has 4 aromatic rings. The van der Waals surface area contributed by atoms with E-state index in [1.54, 1.807) is 6.20 Å². The zero-order chi connectivity index (χ0) is 28.3. The van der Waals surface area contributed by atoms with Crippen LogP contribution in [-0.2, 0) is 9.84 Å². The average Bonchev–Trinajstić information content (AvgIpc) is 3.71. The molecule has 2 bridgehead atoms. The molecule has 4 aromatic heterocycles. The predicted octanol–water partition coefficient (Wildman–Crippen LogP) is 3.49. The predicted molar refractivity (Wildman–Crippen MR) is 151 cm³/mol. The Bertz CT molecular complexity index is 1700. The number of aromatic amines is 1. The Hall–Kier alpha value is -3.87. The standard InChI is InChI=1S/C28H33N9O3S/c1-41(39,40)24-23(18-11-19-8-9-20(12-18)36(19)28(38)26-31-15-32-35-26)34-27-21(14-33-37(27)25(24)29)17-7-10-22(30-13-17)16-5-3-2-4-6-16/h7,10,13-16,18-20H,2-6,8-9,11-12,29H2,1H3,(H,31,32,35)/t18-,19-,20+.